The zero-order chi connectivity index (χ0) is 36.5. The van der Waals surface area contributed by atoms with Gasteiger partial charge in [0.05, 0.1) is 0 Å². The third-order valence-electron chi connectivity index (χ3n) is 7.06. The van der Waals surface area contributed by atoms with Crippen molar-refractivity contribution in [3.05, 3.63) is 146 Å². The first-order valence-electron chi connectivity index (χ1n) is 15.4. The van der Waals surface area contributed by atoms with Crippen LogP contribution in [0, 0.1) is 0 Å². The van der Waals surface area contributed by atoms with Crippen LogP contribution in [-0.4, -0.2) is 23.9 Å². The SMILES string of the molecule is C=C(C)C(=O)Oc1ccc(-c2ccc(OC(=O)C(=C)C)cc2)cc1.C=C(C)C(=O)Oc1ccc2c(ccc3cc(OC(=O)C(=C)C)ccc32)c1. The van der Waals surface area contributed by atoms with Gasteiger partial charge in [-0.1, -0.05) is 74.8 Å². The third-order valence-corrected chi connectivity index (χ3v) is 7.06. The van der Waals surface area contributed by atoms with Crippen molar-refractivity contribution in [2.75, 3.05) is 0 Å². The normalized spacial score (nSPS) is 10.2. The van der Waals surface area contributed by atoms with E-state index < -0.39 is 23.9 Å². The summed E-state index contributed by atoms with van der Waals surface area (Å²) in [4.78, 5) is 46.3. The first-order chi connectivity index (χ1) is 23.7. The van der Waals surface area contributed by atoms with E-state index in [1.54, 1.807) is 64.1 Å². The molecule has 50 heavy (non-hydrogen) atoms. The molecule has 8 nitrogen and oxygen atoms in total. The lowest BCUT2D eigenvalue weighted by Crippen LogP contribution is -2.08. The van der Waals surface area contributed by atoms with Crippen LogP contribution in [0.1, 0.15) is 27.7 Å². The van der Waals surface area contributed by atoms with Gasteiger partial charge in [0, 0.05) is 22.3 Å². The van der Waals surface area contributed by atoms with Crippen molar-refractivity contribution in [3.63, 3.8) is 0 Å². The second kappa shape index (κ2) is 16.0. The Hall–Kier alpha value is -6.54. The molecule has 0 bridgehead atoms. The van der Waals surface area contributed by atoms with E-state index in [-0.39, 0.29) is 0 Å². The molecule has 0 saturated carbocycles. The monoisotopic (exact) mass is 668 g/mol. The maximum Gasteiger partial charge on any atom is 0.338 e. The lowest BCUT2D eigenvalue weighted by molar-refractivity contribution is -0.130. The molecule has 252 valence electrons. The Morgan fingerprint density at radius 3 is 0.920 bits per heavy atom. The third kappa shape index (κ3) is 9.51. The Labute approximate surface area is 290 Å². The molecule has 0 amide bonds. The minimum absolute atomic E-state index is 0.346. The van der Waals surface area contributed by atoms with Crippen LogP contribution in [0.5, 0.6) is 23.0 Å². The predicted molar refractivity (Wildman–Crippen MR) is 195 cm³/mol. The average molecular weight is 669 g/mol. The fourth-order valence-electron chi connectivity index (χ4n) is 4.36. The molecule has 0 heterocycles. The maximum atomic E-state index is 11.7. The summed E-state index contributed by atoms with van der Waals surface area (Å²) in [7, 11) is 0. The van der Waals surface area contributed by atoms with E-state index in [4.69, 9.17) is 18.9 Å². The topological polar surface area (TPSA) is 105 Å². The molecule has 0 spiro atoms. The zero-order valence-electron chi connectivity index (χ0n) is 28.3. The molecule has 0 aliphatic carbocycles. The Balaban J connectivity index is 0.000000226. The molecule has 5 rings (SSSR count). The highest BCUT2D eigenvalue weighted by Crippen LogP contribution is 2.31. The maximum absolute atomic E-state index is 11.7. The number of carbonyl (C=O) groups excluding carboxylic acids is 4. The first-order valence-corrected chi connectivity index (χ1v) is 15.4. The van der Waals surface area contributed by atoms with Crippen molar-refractivity contribution in [1.29, 1.82) is 0 Å². The molecule has 8 heteroatoms. The average Bonchev–Trinajstić information content (AvgIpc) is 3.08. The summed E-state index contributed by atoms with van der Waals surface area (Å²) in [6.45, 7) is 20.6. The first kappa shape index (κ1) is 36.3. The number of carbonyl (C=O) groups is 4. The van der Waals surface area contributed by atoms with Gasteiger partial charge in [-0.15, -0.1) is 0 Å². The second-order valence-electron chi connectivity index (χ2n) is 11.6. The van der Waals surface area contributed by atoms with Crippen LogP contribution in [0.3, 0.4) is 0 Å². The van der Waals surface area contributed by atoms with Gasteiger partial charge in [-0.05, 0) is 109 Å². The van der Waals surface area contributed by atoms with E-state index in [1.165, 1.54) is 0 Å². The summed E-state index contributed by atoms with van der Waals surface area (Å²) in [5.74, 6) is 0.0484. The highest BCUT2D eigenvalue weighted by Gasteiger charge is 2.11. The zero-order valence-corrected chi connectivity index (χ0v) is 28.3. The lowest BCUT2D eigenvalue weighted by Gasteiger charge is -2.09. The van der Waals surface area contributed by atoms with Gasteiger partial charge in [-0.3, -0.25) is 0 Å². The Bertz CT molecular complexity index is 2010. The summed E-state index contributed by atoms with van der Waals surface area (Å²) in [6.07, 6.45) is 0. The number of rotatable bonds is 9. The Morgan fingerprint density at radius 2 is 0.640 bits per heavy atom. The molecule has 0 aliphatic heterocycles. The summed E-state index contributed by atoms with van der Waals surface area (Å²) in [5, 5.41) is 3.90. The van der Waals surface area contributed by atoms with Crippen molar-refractivity contribution in [2.24, 2.45) is 0 Å². The molecular weight excluding hydrogens is 632 g/mol. The number of hydrogen-bond donors (Lipinski definition) is 0. The van der Waals surface area contributed by atoms with E-state index in [9.17, 15) is 19.2 Å². The Morgan fingerprint density at radius 1 is 0.380 bits per heavy atom. The minimum Gasteiger partial charge on any atom is -0.423 e. The molecule has 0 unspecified atom stereocenters. The van der Waals surface area contributed by atoms with Crippen molar-refractivity contribution in [1.82, 2.24) is 0 Å². The second-order valence-corrected chi connectivity index (χ2v) is 11.6. The highest BCUT2D eigenvalue weighted by atomic mass is 16.5. The molecule has 0 aliphatic rings. The Kier molecular flexibility index (Phi) is 11.6. The molecule has 0 atom stereocenters. The molecule has 0 N–H and O–H groups in total. The molecule has 0 aromatic heterocycles. The van der Waals surface area contributed by atoms with Gasteiger partial charge in [-0.25, -0.2) is 19.2 Å². The smallest absolute Gasteiger partial charge is 0.338 e. The van der Waals surface area contributed by atoms with Crippen LogP contribution in [0.4, 0.5) is 0 Å². The van der Waals surface area contributed by atoms with Crippen molar-refractivity contribution in [2.45, 2.75) is 27.7 Å². The summed E-state index contributed by atoms with van der Waals surface area (Å²) < 4.78 is 20.8. The van der Waals surface area contributed by atoms with Crippen LogP contribution in [0.15, 0.2) is 146 Å². The minimum atomic E-state index is -0.452. The fraction of sp³-hybridized carbons (Fsp3) is 0.0952. The van der Waals surface area contributed by atoms with Gasteiger partial charge in [0.1, 0.15) is 23.0 Å². The number of ether oxygens (including phenoxy) is 4. The van der Waals surface area contributed by atoms with Gasteiger partial charge in [-0.2, -0.15) is 0 Å². The van der Waals surface area contributed by atoms with E-state index in [0.29, 0.717) is 45.3 Å². The van der Waals surface area contributed by atoms with Crippen molar-refractivity contribution in [3.8, 4) is 34.1 Å². The summed E-state index contributed by atoms with van der Waals surface area (Å²) in [6, 6.07) is 29.0. The van der Waals surface area contributed by atoms with Gasteiger partial charge >= 0.3 is 23.9 Å². The van der Waals surface area contributed by atoms with E-state index in [1.807, 2.05) is 60.7 Å². The van der Waals surface area contributed by atoms with Gasteiger partial charge in [0.2, 0.25) is 0 Å². The molecule has 0 fully saturated rings. The molecule has 5 aromatic rings. The van der Waals surface area contributed by atoms with Crippen molar-refractivity contribution >= 4 is 45.4 Å². The van der Waals surface area contributed by atoms with Gasteiger partial charge in [0.25, 0.3) is 0 Å². The largest absolute Gasteiger partial charge is 0.423 e. The number of benzene rings is 5. The van der Waals surface area contributed by atoms with Crippen LogP contribution >= 0.6 is 0 Å². The van der Waals surface area contributed by atoms with E-state index >= 15 is 0 Å². The summed E-state index contributed by atoms with van der Waals surface area (Å²) in [5.41, 5.74) is 3.28. The van der Waals surface area contributed by atoms with E-state index in [0.717, 1.165) is 32.7 Å². The van der Waals surface area contributed by atoms with E-state index in [2.05, 4.69) is 26.3 Å². The summed E-state index contributed by atoms with van der Waals surface area (Å²) >= 11 is 0. The number of fused-ring (bicyclic) bond motifs is 3. The van der Waals surface area contributed by atoms with Crippen LogP contribution < -0.4 is 18.9 Å². The number of hydrogen-bond acceptors (Lipinski definition) is 8. The molecule has 0 radical (unpaired) electrons. The molecule has 5 aromatic carbocycles. The standard InChI is InChI=1S/C22H18O4.C20H18O4/c1-13(2)21(23)25-17-7-9-19-15(11-17)5-6-16-12-18(8-10-20(16)19)26-22(24)14(3)4;1-13(2)19(21)23-17-9-5-15(6-10-17)16-7-11-18(12-8-16)24-20(22)14(3)4/h5-12H,1,3H2,2,4H3;5-12H,1,3H2,2,4H3. The fourth-order valence-corrected chi connectivity index (χ4v) is 4.36. The predicted octanol–water partition coefficient (Wildman–Crippen LogP) is 9.27. The van der Waals surface area contributed by atoms with Gasteiger partial charge in [0.15, 0.2) is 0 Å². The van der Waals surface area contributed by atoms with Crippen LogP contribution in [-0.2, 0) is 19.2 Å². The van der Waals surface area contributed by atoms with Crippen molar-refractivity contribution < 1.29 is 38.1 Å². The molecular formula is C42H36O8. The highest BCUT2D eigenvalue weighted by molar-refractivity contribution is 6.08. The van der Waals surface area contributed by atoms with Crippen LogP contribution in [0.2, 0.25) is 0 Å². The molecule has 0 saturated heterocycles. The van der Waals surface area contributed by atoms with Gasteiger partial charge < -0.3 is 18.9 Å². The van der Waals surface area contributed by atoms with Crippen LogP contribution in [0.25, 0.3) is 32.7 Å². The quantitative estimate of drug-likeness (QED) is 0.0663. The lowest BCUT2D eigenvalue weighted by atomic mass is 10.0. The number of esters is 4.